The number of guanidine groups is 2. The molecule has 0 spiro atoms. The van der Waals surface area contributed by atoms with Gasteiger partial charge in [0.1, 0.15) is 0 Å². The molecule has 0 radical (unpaired) electrons. The fourth-order valence-electron chi connectivity index (χ4n) is 1.42. The molecule has 0 saturated heterocycles. The van der Waals surface area contributed by atoms with Gasteiger partial charge < -0.3 is 16.4 Å². The molecule has 0 unspecified atom stereocenters. The summed E-state index contributed by atoms with van der Waals surface area (Å²) in [6.45, 7) is 7.92. The van der Waals surface area contributed by atoms with Gasteiger partial charge in [0.2, 0.25) is 5.96 Å². The van der Waals surface area contributed by atoms with Crippen molar-refractivity contribution >= 4 is 11.9 Å². The van der Waals surface area contributed by atoms with E-state index >= 15 is 0 Å². The molecule has 0 aliphatic heterocycles. The van der Waals surface area contributed by atoms with Crippen LogP contribution in [0.4, 0.5) is 0 Å². The molecule has 0 heterocycles. The molecule has 0 atom stereocenters. The first kappa shape index (κ1) is 13.7. The van der Waals surface area contributed by atoms with Crippen molar-refractivity contribution in [2.75, 3.05) is 13.1 Å². The molecule has 0 aromatic heterocycles. The van der Waals surface area contributed by atoms with Crippen molar-refractivity contribution < 1.29 is 0 Å². The fraction of sp³-hybridized carbons (Fsp3) is 0.800. The van der Waals surface area contributed by atoms with Crippen LogP contribution in [-0.4, -0.2) is 29.9 Å². The van der Waals surface area contributed by atoms with Crippen molar-refractivity contribution in [3.05, 3.63) is 0 Å². The number of nitrogens with zero attached hydrogens (tertiary/aromatic N) is 2. The Kier molecular flexibility index (Phi) is 6.49. The van der Waals surface area contributed by atoms with E-state index in [2.05, 4.69) is 18.8 Å². The van der Waals surface area contributed by atoms with Crippen LogP contribution in [0.15, 0.2) is 4.99 Å². The average molecular weight is 213 g/mol. The summed E-state index contributed by atoms with van der Waals surface area (Å²) in [6.07, 6.45) is 2.23. The number of hydrogen-bond acceptors (Lipinski definition) is 1. The SMILES string of the molecule is CCC(CC)CN(CC)C(=N)N=C(N)N. The Morgan fingerprint density at radius 1 is 1.27 bits per heavy atom. The molecule has 15 heavy (non-hydrogen) atoms. The van der Waals surface area contributed by atoms with Crippen LogP contribution in [0, 0.1) is 11.3 Å². The highest BCUT2D eigenvalue weighted by Crippen LogP contribution is 2.10. The van der Waals surface area contributed by atoms with Crippen LogP contribution in [0.2, 0.25) is 0 Å². The van der Waals surface area contributed by atoms with Crippen molar-refractivity contribution in [3.63, 3.8) is 0 Å². The topological polar surface area (TPSA) is 91.5 Å². The van der Waals surface area contributed by atoms with Gasteiger partial charge in [0, 0.05) is 13.1 Å². The second-order valence-corrected chi connectivity index (χ2v) is 3.58. The van der Waals surface area contributed by atoms with Gasteiger partial charge in [-0.3, -0.25) is 5.41 Å². The Morgan fingerprint density at radius 3 is 2.13 bits per heavy atom. The maximum atomic E-state index is 7.70. The van der Waals surface area contributed by atoms with Gasteiger partial charge in [-0.05, 0) is 12.8 Å². The first-order valence-electron chi connectivity index (χ1n) is 5.48. The van der Waals surface area contributed by atoms with Crippen molar-refractivity contribution in [3.8, 4) is 0 Å². The van der Waals surface area contributed by atoms with Gasteiger partial charge >= 0.3 is 0 Å². The van der Waals surface area contributed by atoms with Crippen LogP contribution in [0.1, 0.15) is 33.6 Å². The highest BCUT2D eigenvalue weighted by molar-refractivity contribution is 5.91. The number of hydrogen-bond donors (Lipinski definition) is 3. The zero-order valence-corrected chi connectivity index (χ0v) is 9.95. The molecule has 5 heteroatoms. The second-order valence-electron chi connectivity index (χ2n) is 3.58. The van der Waals surface area contributed by atoms with Gasteiger partial charge in [-0.25, -0.2) is 0 Å². The summed E-state index contributed by atoms with van der Waals surface area (Å²) in [6, 6.07) is 0. The Bertz CT molecular complexity index is 216. The normalized spacial score (nSPS) is 10.1. The third kappa shape index (κ3) is 5.24. The minimum atomic E-state index is -0.0528. The second kappa shape index (κ2) is 7.09. The van der Waals surface area contributed by atoms with E-state index in [-0.39, 0.29) is 11.9 Å². The molecule has 88 valence electrons. The minimum Gasteiger partial charge on any atom is -0.370 e. The average Bonchev–Trinajstić information content (AvgIpc) is 2.18. The third-order valence-electron chi connectivity index (χ3n) is 2.55. The van der Waals surface area contributed by atoms with E-state index in [4.69, 9.17) is 16.9 Å². The first-order chi connectivity index (χ1) is 7.04. The number of nitrogens with one attached hydrogen (secondary N) is 1. The summed E-state index contributed by atoms with van der Waals surface area (Å²) < 4.78 is 0. The zero-order valence-electron chi connectivity index (χ0n) is 9.95. The number of nitrogens with two attached hydrogens (primary N) is 2. The Hall–Kier alpha value is -1.26. The lowest BCUT2D eigenvalue weighted by Crippen LogP contribution is -2.36. The molecule has 5 nitrogen and oxygen atoms in total. The lowest BCUT2D eigenvalue weighted by atomic mass is 10.0. The molecule has 0 aliphatic rings. The molecule has 0 rings (SSSR count). The van der Waals surface area contributed by atoms with Gasteiger partial charge in [0.25, 0.3) is 0 Å². The molecule has 0 bridgehead atoms. The van der Waals surface area contributed by atoms with Gasteiger partial charge in [-0.15, -0.1) is 0 Å². The fourth-order valence-corrected chi connectivity index (χ4v) is 1.42. The number of aliphatic imine (C=N–C) groups is 1. The molecule has 0 fully saturated rings. The summed E-state index contributed by atoms with van der Waals surface area (Å²) in [5, 5.41) is 7.70. The van der Waals surface area contributed by atoms with E-state index in [9.17, 15) is 0 Å². The molecule has 0 aliphatic carbocycles. The van der Waals surface area contributed by atoms with Crippen LogP contribution in [-0.2, 0) is 0 Å². The van der Waals surface area contributed by atoms with Crippen molar-refractivity contribution in [2.45, 2.75) is 33.6 Å². The smallest absolute Gasteiger partial charge is 0.221 e. The monoisotopic (exact) mass is 213 g/mol. The van der Waals surface area contributed by atoms with Gasteiger partial charge in [-0.2, -0.15) is 4.99 Å². The molecular weight excluding hydrogens is 190 g/mol. The first-order valence-corrected chi connectivity index (χ1v) is 5.48. The maximum Gasteiger partial charge on any atom is 0.221 e. The van der Waals surface area contributed by atoms with E-state index in [1.807, 2.05) is 11.8 Å². The van der Waals surface area contributed by atoms with E-state index in [1.54, 1.807) is 0 Å². The summed E-state index contributed by atoms with van der Waals surface area (Å²) >= 11 is 0. The maximum absolute atomic E-state index is 7.70. The molecule has 5 N–H and O–H groups in total. The Labute approximate surface area is 92.0 Å². The number of rotatable bonds is 5. The summed E-state index contributed by atoms with van der Waals surface area (Å²) in [7, 11) is 0. The van der Waals surface area contributed by atoms with Crippen molar-refractivity contribution in [2.24, 2.45) is 22.4 Å². The van der Waals surface area contributed by atoms with E-state index in [0.717, 1.165) is 25.9 Å². The summed E-state index contributed by atoms with van der Waals surface area (Å²) in [5.74, 6) is 0.701. The van der Waals surface area contributed by atoms with Crippen LogP contribution < -0.4 is 11.5 Å². The van der Waals surface area contributed by atoms with Crippen LogP contribution in [0.5, 0.6) is 0 Å². The lowest BCUT2D eigenvalue weighted by Gasteiger charge is -2.25. The predicted molar refractivity (Wildman–Crippen MR) is 64.9 cm³/mol. The summed E-state index contributed by atoms with van der Waals surface area (Å²) in [5.41, 5.74) is 10.5. The van der Waals surface area contributed by atoms with E-state index < -0.39 is 0 Å². The molecule has 0 saturated carbocycles. The standard InChI is InChI=1S/C10H23N5/c1-4-8(5-2)7-15(6-3)10(13)14-9(11)12/h8H,4-7H2,1-3H3,(H5,11,12,13,14). The van der Waals surface area contributed by atoms with Gasteiger partial charge in [-0.1, -0.05) is 26.7 Å². The van der Waals surface area contributed by atoms with Crippen LogP contribution in [0.3, 0.4) is 0 Å². The lowest BCUT2D eigenvalue weighted by molar-refractivity contribution is 0.331. The highest BCUT2D eigenvalue weighted by atomic mass is 15.3. The largest absolute Gasteiger partial charge is 0.370 e. The summed E-state index contributed by atoms with van der Waals surface area (Å²) in [4.78, 5) is 5.64. The quantitative estimate of drug-likeness (QED) is 0.469. The molecular formula is C10H23N5. The Morgan fingerprint density at radius 2 is 1.80 bits per heavy atom. The van der Waals surface area contributed by atoms with Gasteiger partial charge in [0.15, 0.2) is 5.96 Å². The van der Waals surface area contributed by atoms with E-state index in [0.29, 0.717) is 5.92 Å². The van der Waals surface area contributed by atoms with Crippen molar-refractivity contribution in [1.29, 1.82) is 5.41 Å². The Balaban J connectivity index is 4.36. The minimum absolute atomic E-state index is 0.0528. The molecule has 0 aromatic rings. The van der Waals surface area contributed by atoms with Crippen LogP contribution in [0.25, 0.3) is 0 Å². The highest BCUT2D eigenvalue weighted by Gasteiger charge is 2.12. The van der Waals surface area contributed by atoms with Crippen molar-refractivity contribution in [1.82, 2.24) is 4.90 Å². The zero-order chi connectivity index (χ0) is 11.8. The predicted octanol–water partition coefficient (Wildman–Crippen LogP) is 0.953. The van der Waals surface area contributed by atoms with Gasteiger partial charge in [0.05, 0.1) is 0 Å². The molecule has 0 aromatic carbocycles. The van der Waals surface area contributed by atoms with E-state index in [1.165, 1.54) is 0 Å². The third-order valence-corrected chi connectivity index (χ3v) is 2.55. The molecule has 0 amide bonds. The van der Waals surface area contributed by atoms with Crippen LogP contribution >= 0.6 is 0 Å².